The second-order valence-corrected chi connectivity index (χ2v) is 6.68. The highest BCUT2D eigenvalue weighted by molar-refractivity contribution is 7.89. The van der Waals surface area contributed by atoms with Crippen LogP contribution < -0.4 is 10.0 Å². The summed E-state index contributed by atoms with van der Waals surface area (Å²) in [5.41, 5.74) is 2.79. The predicted molar refractivity (Wildman–Crippen MR) is 78.8 cm³/mol. The molecule has 1 rings (SSSR count). The van der Waals surface area contributed by atoms with Gasteiger partial charge in [0, 0.05) is 12.6 Å². The molecule has 0 heterocycles. The average molecular weight is 284 g/mol. The third kappa shape index (κ3) is 4.03. The van der Waals surface area contributed by atoms with Gasteiger partial charge in [0.1, 0.15) is 0 Å². The molecular formula is C14H24N2O2S. The number of nitrogens with one attached hydrogen (secondary N) is 2. The van der Waals surface area contributed by atoms with Crippen molar-refractivity contribution >= 4 is 10.0 Å². The first-order chi connectivity index (χ1) is 8.81. The minimum absolute atomic E-state index is 0.0577. The minimum atomic E-state index is -3.44. The summed E-state index contributed by atoms with van der Waals surface area (Å²) in [5, 5.41) is 3.05. The van der Waals surface area contributed by atoms with E-state index in [1.807, 2.05) is 40.8 Å². The van der Waals surface area contributed by atoms with Crippen LogP contribution in [0.4, 0.5) is 0 Å². The van der Waals surface area contributed by atoms with Crippen LogP contribution in [0.15, 0.2) is 17.0 Å². The van der Waals surface area contributed by atoms with Gasteiger partial charge in [-0.05, 0) is 57.0 Å². The van der Waals surface area contributed by atoms with E-state index in [4.69, 9.17) is 0 Å². The molecule has 1 aromatic carbocycles. The minimum Gasteiger partial charge on any atom is -0.316 e. The lowest BCUT2D eigenvalue weighted by molar-refractivity contribution is 0.555. The summed E-state index contributed by atoms with van der Waals surface area (Å²) >= 11 is 0. The molecule has 5 heteroatoms. The molecule has 0 aromatic heterocycles. The molecule has 0 amide bonds. The van der Waals surface area contributed by atoms with Crippen LogP contribution in [0.2, 0.25) is 0 Å². The summed E-state index contributed by atoms with van der Waals surface area (Å²) in [6, 6.07) is 3.72. The Hall–Kier alpha value is -0.910. The van der Waals surface area contributed by atoms with E-state index in [-0.39, 0.29) is 6.04 Å². The normalized spacial score (nSPS) is 13.5. The Labute approximate surface area is 116 Å². The first-order valence-electron chi connectivity index (χ1n) is 6.58. The van der Waals surface area contributed by atoms with Gasteiger partial charge in [-0.3, -0.25) is 0 Å². The smallest absolute Gasteiger partial charge is 0.241 e. The van der Waals surface area contributed by atoms with Gasteiger partial charge in [0.05, 0.1) is 4.90 Å². The monoisotopic (exact) mass is 284 g/mol. The third-order valence-corrected chi connectivity index (χ3v) is 5.03. The van der Waals surface area contributed by atoms with Crippen LogP contribution in [0.5, 0.6) is 0 Å². The fraction of sp³-hybridized carbons (Fsp3) is 0.571. The molecule has 0 radical (unpaired) electrons. The highest BCUT2D eigenvalue weighted by atomic mass is 32.2. The maximum atomic E-state index is 12.4. The van der Waals surface area contributed by atoms with Gasteiger partial charge in [-0.15, -0.1) is 0 Å². The zero-order valence-electron chi connectivity index (χ0n) is 12.4. The zero-order valence-corrected chi connectivity index (χ0v) is 13.2. The molecule has 0 aliphatic heterocycles. The molecule has 0 spiro atoms. The van der Waals surface area contributed by atoms with E-state index in [1.54, 1.807) is 6.07 Å². The standard InChI is InChI=1S/C14H24N2O2S/c1-6-11(3)16-19(17,18)14-8-13(9-15-5)7-10(2)12(14)4/h7-8,11,15-16H,6,9H2,1-5H3. The van der Waals surface area contributed by atoms with E-state index in [2.05, 4.69) is 10.0 Å². The van der Waals surface area contributed by atoms with Crippen molar-refractivity contribution in [2.75, 3.05) is 7.05 Å². The molecule has 0 bridgehead atoms. The van der Waals surface area contributed by atoms with E-state index in [0.717, 1.165) is 23.1 Å². The Bertz CT molecular complexity index is 539. The van der Waals surface area contributed by atoms with Crippen molar-refractivity contribution in [3.63, 3.8) is 0 Å². The Morgan fingerprint density at radius 3 is 2.42 bits per heavy atom. The Kier molecular flexibility index (Phi) is 5.52. The summed E-state index contributed by atoms with van der Waals surface area (Å²) in [6.45, 7) is 8.29. The van der Waals surface area contributed by atoms with Crippen LogP contribution in [0, 0.1) is 13.8 Å². The molecule has 108 valence electrons. The van der Waals surface area contributed by atoms with E-state index in [0.29, 0.717) is 11.4 Å². The number of aryl methyl sites for hydroxylation is 1. The molecule has 0 saturated heterocycles. The lowest BCUT2D eigenvalue weighted by Crippen LogP contribution is -2.32. The number of sulfonamides is 1. The van der Waals surface area contributed by atoms with Crippen LogP contribution in [-0.2, 0) is 16.6 Å². The SMILES string of the molecule is CCC(C)NS(=O)(=O)c1cc(CNC)cc(C)c1C. The molecule has 1 aromatic rings. The van der Waals surface area contributed by atoms with E-state index in [1.165, 1.54) is 0 Å². The molecule has 19 heavy (non-hydrogen) atoms. The van der Waals surface area contributed by atoms with Gasteiger partial charge in [-0.25, -0.2) is 13.1 Å². The summed E-state index contributed by atoms with van der Waals surface area (Å²) < 4.78 is 27.5. The molecule has 0 aliphatic carbocycles. The van der Waals surface area contributed by atoms with Crippen molar-refractivity contribution in [2.24, 2.45) is 0 Å². The summed E-state index contributed by atoms with van der Waals surface area (Å²) in [6.07, 6.45) is 0.771. The van der Waals surface area contributed by atoms with Crippen LogP contribution in [0.1, 0.15) is 37.0 Å². The molecule has 0 fully saturated rings. The van der Waals surface area contributed by atoms with Gasteiger partial charge in [-0.1, -0.05) is 13.0 Å². The predicted octanol–water partition coefficient (Wildman–Crippen LogP) is 2.10. The lowest BCUT2D eigenvalue weighted by Gasteiger charge is -2.16. The van der Waals surface area contributed by atoms with Crippen molar-refractivity contribution in [3.05, 3.63) is 28.8 Å². The molecular weight excluding hydrogens is 260 g/mol. The molecule has 0 aliphatic rings. The molecule has 4 nitrogen and oxygen atoms in total. The fourth-order valence-corrected chi connectivity index (χ4v) is 3.59. The Balaban J connectivity index is 3.25. The zero-order chi connectivity index (χ0) is 14.6. The van der Waals surface area contributed by atoms with Crippen LogP contribution in [0.3, 0.4) is 0 Å². The van der Waals surface area contributed by atoms with E-state index >= 15 is 0 Å². The number of hydrogen-bond acceptors (Lipinski definition) is 3. The van der Waals surface area contributed by atoms with E-state index < -0.39 is 10.0 Å². The maximum absolute atomic E-state index is 12.4. The molecule has 2 N–H and O–H groups in total. The second-order valence-electron chi connectivity index (χ2n) is 5.00. The first kappa shape index (κ1) is 16.1. The number of hydrogen-bond donors (Lipinski definition) is 2. The van der Waals surface area contributed by atoms with Crippen molar-refractivity contribution in [2.45, 2.75) is 51.6 Å². The van der Waals surface area contributed by atoms with Crippen LogP contribution in [-0.4, -0.2) is 21.5 Å². The van der Waals surface area contributed by atoms with Gasteiger partial charge >= 0.3 is 0 Å². The Morgan fingerprint density at radius 1 is 1.26 bits per heavy atom. The number of benzene rings is 1. The number of rotatable bonds is 6. The van der Waals surface area contributed by atoms with Crippen LogP contribution >= 0.6 is 0 Å². The summed E-state index contributed by atoms with van der Waals surface area (Å²) in [5.74, 6) is 0. The Morgan fingerprint density at radius 2 is 1.89 bits per heavy atom. The molecule has 1 unspecified atom stereocenters. The quantitative estimate of drug-likeness (QED) is 0.841. The molecule has 1 atom stereocenters. The largest absolute Gasteiger partial charge is 0.316 e. The summed E-state index contributed by atoms with van der Waals surface area (Å²) in [4.78, 5) is 0.387. The highest BCUT2D eigenvalue weighted by Crippen LogP contribution is 2.21. The first-order valence-corrected chi connectivity index (χ1v) is 8.07. The van der Waals surface area contributed by atoms with Crippen molar-refractivity contribution in [1.82, 2.24) is 10.0 Å². The van der Waals surface area contributed by atoms with Gasteiger partial charge in [0.2, 0.25) is 10.0 Å². The lowest BCUT2D eigenvalue weighted by atomic mass is 10.1. The second kappa shape index (κ2) is 6.50. The van der Waals surface area contributed by atoms with Gasteiger partial charge < -0.3 is 5.32 Å². The van der Waals surface area contributed by atoms with Crippen molar-refractivity contribution in [1.29, 1.82) is 0 Å². The highest BCUT2D eigenvalue weighted by Gasteiger charge is 2.20. The van der Waals surface area contributed by atoms with Gasteiger partial charge in [0.15, 0.2) is 0 Å². The van der Waals surface area contributed by atoms with Crippen molar-refractivity contribution < 1.29 is 8.42 Å². The maximum Gasteiger partial charge on any atom is 0.241 e. The van der Waals surface area contributed by atoms with Crippen LogP contribution in [0.25, 0.3) is 0 Å². The van der Waals surface area contributed by atoms with Gasteiger partial charge in [-0.2, -0.15) is 0 Å². The summed E-state index contributed by atoms with van der Waals surface area (Å²) in [7, 11) is -1.60. The fourth-order valence-electron chi connectivity index (χ4n) is 1.90. The topological polar surface area (TPSA) is 58.2 Å². The third-order valence-electron chi connectivity index (χ3n) is 3.32. The molecule has 0 saturated carbocycles. The average Bonchev–Trinajstić information content (AvgIpc) is 2.33. The van der Waals surface area contributed by atoms with Gasteiger partial charge in [0.25, 0.3) is 0 Å². The van der Waals surface area contributed by atoms with E-state index in [9.17, 15) is 8.42 Å². The van der Waals surface area contributed by atoms with Crippen molar-refractivity contribution in [3.8, 4) is 0 Å².